The Labute approximate surface area is 118 Å². The summed E-state index contributed by atoms with van der Waals surface area (Å²) in [6.45, 7) is 6.89. The molecule has 1 unspecified atom stereocenters. The number of rotatable bonds is 2. The van der Waals surface area contributed by atoms with Crippen LogP contribution in [0.5, 0.6) is 5.75 Å². The van der Waals surface area contributed by atoms with Gasteiger partial charge >= 0.3 is 5.97 Å². The summed E-state index contributed by atoms with van der Waals surface area (Å²) in [5.74, 6) is -0.348. The maximum absolute atomic E-state index is 12.4. The first-order chi connectivity index (χ1) is 9.18. The van der Waals surface area contributed by atoms with Crippen LogP contribution in [-0.2, 0) is 19.7 Å². The number of anilines is 1. The molecule has 0 saturated heterocycles. The molecule has 1 aliphatic heterocycles. The smallest absolute Gasteiger partial charge is 0.326 e. The molecule has 1 atom stereocenters. The van der Waals surface area contributed by atoms with Gasteiger partial charge in [0.2, 0.25) is 5.91 Å². The third kappa shape index (κ3) is 2.24. The van der Waals surface area contributed by atoms with Crippen molar-refractivity contribution in [3.63, 3.8) is 0 Å². The maximum atomic E-state index is 12.4. The molecule has 0 bridgehead atoms. The first-order valence-electron chi connectivity index (χ1n) is 6.42. The summed E-state index contributed by atoms with van der Waals surface area (Å²) in [5, 5.41) is 2.71. The first kappa shape index (κ1) is 14.4. The molecule has 0 spiro atoms. The van der Waals surface area contributed by atoms with Gasteiger partial charge in [-0.2, -0.15) is 0 Å². The quantitative estimate of drug-likeness (QED) is 0.665. The van der Waals surface area contributed by atoms with Crippen LogP contribution in [0.15, 0.2) is 18.2 Å². The van der Waals surface area contributed by atoms with E-state index in [4.69, 9.17) is 9.47 Å². The summed E-state index contributed by atoms with van der Waals surface area (Å²) in [7, 11) is 1.54. The molecule has 1 aromatic rings. The normalized spacial score (nSPS) is 21.1. The summed E-state index contributed by atoms with van der Waals surface area (Å²) in [5.41, 5.74) is -0.806. The largest absolute Gasteiger partial charge is 0.497 e. The summed E-state index contributed by atoms with van der Waals surface area (Å²) in [6.07, 6.45) is 0. The lowest BCUT2D eigenvalue weighted by Gasteiger charge is -2.27. The molecule has 20 heavy (non-hydrogen) atoms. The van der Waals surface area contributed by atoms with Gasteiger partial charge in [-0.25, -0.2) is 0 Å². The summed E-state index contributed by atoms with van der Waals surface area (Å²) >= 11 is 0. The van der Waals surface area contributed by atoms with Crippen molar-refractivity contribution < 1.29 is 19.1 Å². The number of ether oxygens (including phenoxy) is 2. The predicted octanol–water partition coefficient (Wildman–Crippen LogP) is 2.25. The van der Waals surface area contributed by atoms with Crippen molar-refractivity contribution in [3.05, 3.63) is 23.8 Å². The topological polar surface area (TPSA) is 64.6 Å². The van der Waals surface area contributed by atoms with Crippen LogP contribution in [-0.4, -0.2) is 24.6 Å². The average molecular weight is 277 g/mol. The molecular formula is C15H19NO4. The van der Waals surface area contributed by atoms with Crippen LogP contribution < -0.4 is 10.1 Å². The number of benzene rings is 1. The van der Waals surface area contributed by atoms with E-state index in [0.717, 1.165) is 0 Å². The third-order valence-electron chi connectivity index (χ3n) is 3.27. The highest BCUT2D eigenvalue weighted by atomic mass is 16.6. The molecule has 1 aromatic carbocycles. The minimum atomic E-state index is -1.35. The zero-order valence-electron chi connectivity index (χ0n) is 12.4. The number of nitrogens with one attached hydrogen (secondary N) is 1. The van der Waals surface area contributed by atoms with Gasteiger partial charge in [0.25, 0.3) is 0 Å². The number of fused-ring (bicyclic) bond motifs is 1. The van der Waals surface area contributed by atoms with Gasteiger partial charge in [0, 0.05) is 11.3 Å². The van der Waals surface area contributed by atoms with Crippen LogP contribution >= 0.6 is 0 Å². The van der Waals surface area contributed by atoms with Crippen molar-refractivity contribution in [1.82, 2.24) is 0 Å². The SMILES string of the molecule is COc1ccc2c(c1)C(C)(C(=O)OC(C)(C)C)C(=O)N2. The van der Waals surface area contributed by atoms with Crippen molar-refractivity contribution in [2.45, 2.75) is 38.7 Å². The van der Waals surface area contributed by atoms with Crippen LogP contribution in [0, 0.1) is 0 Å². The Morgan fingerprint density at radius 1 is 1.30 bits per heavy atom. The fourth-order valence-corrected chi connectivity index (χ4v) is 2.13. The molecule has 108 valence electrons. The van der Waals surface area contributed by atoms with Crippen molar-refractivity contribution >= 4 is 17.6 Å². The van der Waals surface area contributed by atoms with E-state index in [-0.39, 0.29) is 5.91 Å². The van der Waals surface area contributed by atoms with Crippen molar-refractivity contribution in [3.8, 4) is 5.75 Å². The number of methoxy groups -OCH3 is 1. The van der Waals surface area contributed by atoms with Gasteiger partial charge in [-0.05, 0) is 45.9 Å². The second kappa shape index (κ2) is 4.51. The molecule has 0 radical (unpaired) electrons. The van der Waals surface area contributed by atoms with Crippen molar-refractivity contribution in [1.29, 1.82) is 0 Å². The molecule has 1 aliphatic rings. The van der Waals surface area contributed by atoms with Gasteiger partial charge in [-0.1, -0.05) is 0 Å². The summed E-state index contributed by atoms with van der Waals surface area (Å²) < 4.78 is 10.5. The van der Waals surface area contributed by atoms with E-state index in [1.807, 2.05) is 0 Å². The molecule has 2 rings (SSSR count). The molecular weight excluding hydrogens is 258 g/mol. The summed E-state index contributed by atoms with van der Waals surface area (Å²) in [6, 6.07) is 5.15. The molecule has 1 heterocycles. The van der Waals surface area contributed by atoms with Crippen LogP contribution in [0.25, 0.3) is 0 Å². The Bertz CT molecular complexity index is 574. The second-order valence-corrected chi connectivity index (χ2v) is 5.99. The minimum Gasteiger partial charge on any atom is -0.497 e. The predicted molar refractivity (Wildman–Crippen MR) is 74.8 cm³/mol. The number of esters is 1. The van der Waals surface area contributed by atoms with E-state index in [2.05, 4.69) is 5.32 Å². The van der Waals surface area contributed by atoms with Crippen LogP contribution in [0.4, 0.5) is 5.69 Å². The zero-order valence-corrected chi connectivity index (χ0v) is 12.4. The minimum absolute atomic E-state index is 0.380. The van der Waals surface area contributed by atoms with Gasteiger partial charge < -0.3 is 14.8 Å². The van der Waals surface area contributed by atoms with Crippen molar-refractivity contribution in [2.75, 3.05) is 12.4 Å². The monoisotopic (exact) mass is 277 g/mol. The number of carbonyl (C=O) groups is 2. The highest BCUT2D eigenvalue weighted by molar-refractivity contribution is 6.19. The Balaban J connectivity index is 2.47. The molecule has 5 nitrogen and oxygen atoms in total. The maximum Gasteiger partial charge on any atom is 0.326 e. The van der Waals surface area contributed by atoms with Crippen LogP contribution in [0.2, 0.25) is 0 Å². The third-order valence-corrected chi connectivity index (χ3v) is 3.27. The van der Waals surface area contributed by atoms with Gasteiger partial charge in [-0.15, -0.1) is 0 Å². The number of hydrogen-bond donors (Lipinski definition) is 1. The molecule has 1 N–H and O–H groups in total. The van der Waals surface area contributed by atoms with Crippen LogP contribution in [0.1, 0.15) is 33.3 Å². The first-order valence-corrected chi connectivity index (χ1v) is 6.42. The lowest BCUT2D eigenvalue weighted by atomic mass is 9.83. The Hall–Kier alpha value is -2.04. The molecule has 0 saturated carbocycles. The average Bonchev–Trinajstić information content (AvgIpc) is 2.60. The number of hydrogen-bond acceptors (Lipinski definition) is 4. The van der Waals surface area contributed by atoms with E-state index in [0.29, 0.717) is 17.0 Å². The van der Waals surface area contributed by atoms with E-state index in [9.17, 15) is 9.59 Å². The molecule has 5 heteroatoms. The van der Waals surface area contributed by atoms with Gasteiger partial charge in [0.15, 0.2) is 5.41 Å². The zero-order chi connectivity index (χ0) is 15.1. The highest BCUT2D eigenvalue weighted by Crippen LogP contribution is 2.41. The molecule has 0 fully saturated rings. The van der Waals surface area contributed by atoms with Crippen molar-refractivity contribution in [2.24, 2.45) is 0 Å². The van der Waals surface area contributed by atoms with Crippen LogP contribution in [0.3, 0.4) is 0 Å². The van der Waals surface area contributed by atoms with E-state index in [1.165, 1.54) is 7.11 Å². The lowest BCUT2D eigenvalue weighted by Crippen LogP contribution is -2.43. The van der Waals surface area contributed by atoms with Gasteiger partial charge in [0.05, 0.1) is 7.11 Å². The van der Waals surface area contributed by atoms with E-state index < -0.39 is 17.0 Å². The van der Waals surface area contributed by atoms with Gasteiger partial charge in [0.1, 0.15) is 11.4 Å². The Morgan fingerprint density at radius 3 is 2.50 bits per heavy atom. The fourth-order valence-electron chi connectivity index (χ4n) is 2.13. The fraction of sp³-hybridized carbons (Fsp3) is 0.467. The standard InChI is InChI=1S/C15H19NO4/c1-14(2,3)20-13(18)15(4)10-8-9(19-5)6-7-11(10)16-12(15)17/h6-8H,1-5H3,(H,16,17). The number of carbonyl (C=O) groups excluding carboxylic acids is 2. The van der Waals surface area contributed by atoms with E-state index in [1.54, 1.807) is 45.9 Å². The number of amides is 1. The Kier molecular flexibility index (Phi) is 3.24. The molecule has 0 aliphatic carbocycles. The van der Waals surface area contributed by atoms with E-state index >= 15 is 0 Å². The highest BCUT2D eigenvalue weighted by Gasteiger charge is 2.51. The second-order valence-electron chi connectivity index (χ2n) is 5.99. The lowest BCUT2D eigenvalue weighted by molar-refractivity contribution is -0.163. The van der Waals surface area contributed by atoms with Gasteiger partial charge in [-0.3, -0.25) is 9.59 Å². The Morgan fingerprint density at radius 2 is 1.95 bits per heavy atom. The molecule has 0 aromatic heterocycles. The molecule has 1 amide bonds. The summed E-state index contributed by atoms with van der Waals surface area (Å²) in [4.78, 5) is 24.7.